The second kappa shape index (κ2) is 9.38. The van der Waals surface area contributed by atoms with Gasteiger partial charge in [0.1, 0.15) is 0 Å². The maximum absolute atomic E-state index is 14.3. The average molecular weight is 564 g/mol. The van der Waals surface area contributed by atoms with Gasteiger partial charge in [0.2, 0.25) is 0 Å². The summed E-state index contributed by atoms with van der Waals surface area (Å²) < 4.78 is 0. The third kappa shape index (κ3) is 3.78. The Morgan fingerprint density at radius 2 is 1.22 bits per heavy atom. The van der Waals surface area contributed by atoms with Gasteiger partial charge in [-0.3, -0.25) is 24.5 Å². The number of hydrazine groups is 1. The molecule has 0 N–H and O–H groups in total. The van der Waals surface area contributed by atoms with Crippen molar-refractivity contribution >= 4 is 35.0 Å². The lowest BCUT2D eigenvalue weighted by Gasteiger charge is -2.45. The molecule has 0 unspecified atom stereocenters. The van der Waals surface area contributed by atoms with Crippen LogP contribution in [0.3, 0.4) is 0 Å². The van der Waals surface area contributed by atoms with Gasteiger partial charge in [0.15, 0.2) is 0 Å². The zero-order valence-electron chi connectivity index (χ0n) is 21.5. The number of halogens is 1. The zero-order chi connectivity index (χ0) is 28.4. The van der Waals surface area contributed by atoms with Crippen molar-refractivity contribution in [3.8, 4) is 0 Å². The number of hydrogen-bond donors (Lipinski definition) is 0. The molecule has 4 aliphatic rings. The molecule has 2 atom stereocenters. The van der Waals surface area contributed by atoms with Gasteiger partial charge in [-0.05, 0) is 52.1 Å². The fourth-order valence-electron chi connectivity index (χ4n) is 6.77. The average Bonchev–Trinajstić information content (AvgIpc) is 3.26. The second-order valence-electron chi connectivity index (χ2n) is 10.5. The molecule has 9 heteroatoms. The summed E-state index contributed by atoms with van der Waals surface area (Å²) >= 11 is 6.05. The van der Waals surface area contributed by atoms with Crippen molar-refractivity contribution in [3.05, 3.63) is 146 Å². The van der Waals surface area contributed by atoms with E-state index in [1.807, 2.05) is 48.5 Å². The van der Waals surface area contributed by atoms with Crippen molar-refractivity contribution in [2.75, 3.05) is 0 Å². The molecule has 202 valence electrons. The number of rotatable bonds is 5. The fraction of sp³-hybridized carbons (Fsp3) is 0.156. The quantitative estimate of drug-likeness (QED) is 0.176. The number of amides is 3. The first kappa shape index (κ1) is 25.2. The number of hydrogen-bond acceptors (Lipinski definition) is 5. The van der Waals surface area contributed by atoms with E-state index in [-0.39, 0.29) is 29.6 Å². The minimum atomic E-state index is -0.658. The van der Waals surface area contributed by atoms with Gasteiger partial charge in [0.25, 0.3) is 23.4 Å². The topological polar surface area (TPSA) is 101 Å². The summed E-state index contributed by atoms with van der Waals surface area (Å²) in [5.74, 6) is -3.35. The van der Waals surface area contributed by atoms with E-state index in [1.54, 1.807) is 24.3 Å². The van der Waals surface area contributed by atoms with Crippen molar-refractivity contribution in [2.45, 2.75) is 18.4 Å². The van der Waals surface area contributed by atoms with E-state index in [9.17, 15) is 24.5 Å². The van der Waals surface area contributed by atoms with E-state index in [1.165, 1.54) is 29.3 Å². The molecule has 2 bridgehead atoms. The molecule has 4 aromatic rings. The Morgan fingerprint density at radius 3 is 1.66 bits per heavy atom. The van der Waals surface area contributed by atoms with E-state index < -0.39 is 34.5 Å². The Balaban J connectivity index is 1.33. The van der Waals surface area contributed by atoms with E-state index in [4.69, 9.17) is 11.6 Å². The minimum Gasteiger partial charge on any atom is -0.272 e. The number of carbonyl (C=O) groups is 3. The lowest BCUT2D eigenvalue weighted by Crippen LogP contribution is -2.50. The molecule has 3 amide bonds. The lowest BCUT2D eigenvalue weighted by atomic mass is 9.55. The van der Waals surface area contributed by atoms with E-state index in [0.29, 0.717) is 10.6 Å². The molecule has 1 aliphatic heterocycles. The number of benzene rings is 4. The highest BCUT2D eigenvalue weighted by Crippen LogP contribution is 2.61. The lowest BCUT2D eigenvalue weighted by molar-refractivity contribution is -0.384. The molecule has 0 radical (unpaired) electrons. The number of carbonyl (C=O) groups excluding carboxylic acids is 3. The van der Waals surface area contributed by atoms with Crippen molar-refractivity contribution in [1.29, 1.82) is 0 Å². The van der Waals surface area contributed by atoms with Crippen LogP contribution in [-0.2, 0) is 16.1 Å². The highest BCUT2D eigenvalue weighted by molar-refractivity contribution is 6.30. The summed E-state index contributed by atoms with van der Waals surface area (Å²) in [6, 6.07) is 27.8. The maximum atomic E-state index is 14.3. The highest BCUT2D eigenvalue weighted by atomic mass is 35.5. The SMILES string of the molecule is O=C(c1ccc(Cl)cc1)N(Cc1ccc([N+](=O)[O-])cc1)N1C(=O)[C@@H]2C3c4ccccc4C(c4ccccc43)[C@@H]2C1=O. The van der Waals surface area contributed by atoms with Gasteiger partial charge in [-0.2, -0.15) is 5.01 Å². The normalized spacial score (nSPS) is 21.7. The van der Waals surface area contributed by atoms with Crippen molar-refractivity contribution in [3.63, 3.8) is 0 Å². The van der Waals surface area contributed by atoms with Crippen LogP contribution in [0.25, 0.3) is 0 Å². The Hall–Kier alpha value is -4.82. The van der Waals surface area contributed by atoms with Gasteiger partial charge in [-0.15, -0.1) is 0 Å². The van der Waals surface area contributed by atoms with Crippen LogP contribution >= 0.6 is 11.6 Å². The summed E-state index contributed by atoms with van der Waals surface area (Å²) in [5.41, 5.74) is 4.82. The molecule has 1 saturated heterocycles. The molecular formula is C32H22ClN3O5. The number of non-ortho nitro benzene ring substituents is 1. The van der Waals surface area contributed by atoms with Gasteiger partial charge >= 0.3 is 0 Å². The first-order chi connectivity index (χ1) is 19.8. The second-order valence-corrected chi connectivity index (χ2v) is 11.0. The van der Waals surface area contributed by atoms with E-state index in [2.05, 4.69) is 0 Å². The maximum Gasteiger partial charge on any atom is 0.273 e. The van der Waals surface area contributed by atoms with Crippen LogP contribution in [-0.4, -0.2) is 32.7 Å². The third-order valence-electron chi connectivity index (χ3n) is 8.47. The van der Waals surface area contributed by atoms with Crippen molar-refractivity contribution < 1.29 is 19.3 Å². The van der Waals surface area contributed by atoms with Crippen LogP contribution in [0.2, 0.25) is 5.02 Å². The van der Waals surface area contributed by atoms with Gasteiger partial charge in [0, 0.05) is 34.6 Å². The molecule has 41 heavy (non-hydrogen) atoms. The van der Waals surface area contributed by atoms with E-state index >= 15 is 0 Å². The Labute approximate surface area is 239 Å². The number of nitro groups is 1. The van der Waals surface area contributed by atoms with Gasteiger partial charge in [0.05, 0.1) is 23.3 Å². The zero-order valence-corrected chi connectivity index (χ0v) is 22.3. The van der Waals surface area contributed by atoms with Crippen LogP contribution in [0.4, 0.5) is 5.69 Å². The fourth-order valence-corrected chi connectivity index (χ4v) is 6.90. The predicted molar refractivity (Wildman–Crippen MR) is 150 cm³/mol. The molecular weight excluding hydrogens is 542 g/mol. The molecule has 1 fully saturated rings. The Kier molecular flexibility index (Phi) is 5.76. The summed E-state index contributed by atoms with van der Waals surface area (Å²) in [6.07, 6.45) is 0. The van der Waals surface area contributed by atoms with Crippen molar-refractivity contribution in [2.24, 2.45) is 11.8 Å². The summed E-state index contributed by atoms with van der Waals surface area (Å²) in [5, 5.41) is 13.8. The first-order valence-electron chi connectivity index (χ1n) is 13.2. The number of imide groups is 1. The standard InChI is InChI=1S/C32H22ClN3O5/c33-20-13-11-19(12-14-20)30(37)34(17-18-9-15-21(16-10-18)36(40)41)35-31(38)28-26-22-5-1-2-6-23(22)27(29(28)32(35)39)25-8-4-3-7-24(25)26/h1-16,26-29H,17H2/t26?,27?,28-,29+. The molecule has 0 spiro atoms. The highest BCUT2D eigenvalue weighted by Gasteiger charge is 2.63. The van der Waals surface area contributed by atoms with Crippen LogP contribution in [0, 0.1) is 22.0 Å². The molecule has 8 rings (SSSR count). The Morgan fingerprint density at radius 1 is 0.756 bits per heavy atom. The third-order valence-corrected chi connectivity index (χ3v) is 8.72. The first-order valence-corrected chi connectivity index (χ1v) is 13.6. The van der Waals surface area contributed by atoms with Crippen LogP contribution in [0.5, 0.6) is 0 Å². The summed E-state index contributed by atoms with van der Waals surface area (Å²) in [4.78, 5) is 53.3. The smallest absolute Gasteiger partial charge is 0.272 e. The Bertz CT molecular complexity index is 1640. The number of nitrogens with zero attached hydrogens (tertiary/aromatic N) is 3. The van der Waals surface area contributed by atoms with Crippen LogP contribution in [0.15, 0.2) is 97.1 Å². The van der Waals surface area contributed by atoms with E-state index in [0.717, 1.165) is 27.3 Å². The molecule has 4 aromatic carbocycles. The summed E-state index contributed by atoms with van der Waals surface area (Å²) in [6.45, 7) is -0.133. The van der Waals surface area contributed by atoms with Crippen molar-refractivity contribution in [1.82, 2.24) is 10.0 Å². The molecule has 0 saturated carbocycles. The molecule has 0 aromatic heterocycles. The predicted octanol–water partition coefficient (Wildman–Crippen LogP) is 5.70. The van der Waals surface area contributed by atoms with Gasteiger partial charge < -0.3 is 0 Å². The molecule has 3 aliphatic carbocycles. The summed E-state index contributed by atoms with van der Waals surface area (Å²) in [7, 11) is 0. The van der Waals surface area contributed by atoms with Crippen LogP contribution in [0.1, 0.15) is 50.0 Å². The molecule has 1 heterocycles. The molecule has 8 nitrogen and oxygen atoms in total. The minimum absolute atomic E-state index is 0.101. The monoisotopic (exact) mass is 563 g/mol. The van der Waals surface area contributed by atoms with Gasteiger partial charge in [-0.25, -0.2) is 5.01 Å². The number of nitro benzene ring substituents is 1. The van der Waals surface area contributed by atoms with Crippen LogP contribution < -0.4 is 0 Å². The largest absolute Gasteiger partial charge is 0.273 e. The van der Waals surface area contributed by atoms with Gasteiger partial charge in [-0.1, -0.05) is 72.3 Å².